The summed E-state index contributed by atoms with van der Waals surface area (Å²) in [7, 11) is 0. The van der Waals surface area contributed by atoms with E-state index < -0.39 is 124 Å². The Morgan fingerprint density at radius 2 is 0.683 bits per heavy atom. The van der Waals surface area contributed by atoms with E-state index in [9.17, 15) is 61.0 Å². The van der Waals surface area contributed by atoms with Crippen LogP contribution in [0.5, 0.6) is 0 Å². The highest BCUT2D eigenvalue weighted by Gasteiger charge is 2.54. The largest absolute Gasteiger partial charge is 0.394 e. The van der Waals surface area contributed by atoms with Crippen LogP contribution in [-0.2, 0) is 33.2 Å². The average Bonchev–Trinajstić information content (AvgIpc) is 0.792. The molecule has 0 radical (unpaired) electrons. The molecular weight excluding hydrogens is 1290 g/mol. The highest BCUT2D eigenvalue weighted by atomic mass is 16.8. The molecule has 0 aromatic rings. The third-order valence-electron chi connectivity index (χ3n) is 19.4. The smallest absolute Gasteiger partial charge is 0.220 e. The van der Waals surface area contributed by atoms with Crippen molar-refractivity contribution in [3.63, 3.8) is 0 Å². The van der Waals surface area contributed by atoms with Crippen molar-refractivity contribution in [3.05, 3.63) is 97.2 Å². The minimum atomic E-state index is -1.98. The van der Waals surface area contributed by atoms with Crippen LogP contribution in [0, 0.1) is 0 Å². The molecule has 19 nitrogen and oxygen atoms in total. The Kier molecular flexibility index (Phi) is 56.3. The van der Waals surface area contributed by atoms with Gasteiger partial charge in [0.1, 0.15) is 73.2 Å². The molecule has 3 rings (SSSR count). The van der Waals surface area contributed by atoms with Gasteiger partial charge in [0.05, 0.1) is 38.6 Å². The van der Waals surface area contributed by atoms with Crippen molar-refractivity contribution < 1.29 is 89.4 Å². The molecule has 17 atom stereocenters. The van der Waals surface area contributed by atoms with E-state index in [2.05, 4.69) is 116 Å². The van der Waals surface area contributed by atoms with Gasteiger partial charge in [0.15, 0.2) is 18.9 Å². The van der Waals surface area contributed by atoms with Gasteiger partial charge in [-0.25, -0.2) is 0 Å². The number of unbranched alkanes of at least 4 members (excludes halogenated alkanes) is 30. The van der Waals surface area contributed by atoms with Crippen molar-refractivity contribution in [1.82, 2.24) is 5.32 Å². The number of hydrogen-bond acceptors (Lipinski definition) is 18. The lowest BCUT2D eigenvalue weighted by Crippen LogP contribution is -2.66. The fourth-order valence-corrected chi connectivity index (χ4v) is 13.0. The van der Waals surface area contributed by atoms with Crippen LogP contribution >= 0.6 is 0 Å². The zero-order valence-electron chi connectivity index (χ0n) is 62.4. The molecule has 0 aliphatic carbocycles. The molecule has 101 heavy (non-hydrogen) atoms. The fraction of sp³-hybridized carbons (Fsp3) is 0.793. The Bertz CT molecular complexity index is 2200. The summed E-state index contributed by atoms with van der Waals surface area (Å²) in [5, 5.41) is 121. The lowest BCUT2D eigenvalue weighted by atomic mass is 9.96. The van der Waals surface area contributed by atoms with E-state index in [1.165, 1.54) is 148 Å². The number of allylic oxidation sites excluding steroid dienone is 16. The summed E-state index contributed by atoms with van der Waals surface area (Å²) in [6.45, 7) is 1.70. The van der Waals surface area contributed by atoms with E-state index in [0.717, 1.165) is 103 Å². The first-order valence-corrected chi connectivity index (χ1v) is 40.0. The van der Waals surface area contributed by atoms with E-state index >= 15 is 0 Å². The van der Waals surface area contributed by atoms with Crippen molar-refractivity contribution in [2.24, 2.45) is 0 Å². The molecule has 19 heteroatoms. The number of carbonyl (C=O) groups is 1. The van der Waals surface area contributed by atoms with Crippen LogP contribution in [0.3, 0.4) is 0 Å². The number of aliphatic hydroxyl groups is 11. The Balaban J connectivity index is 1.32. The van der Waals surface area contributed by atoms with Gasteiger partial charge in [0.25, 0.3) is 0 Å². The second-order valence-corrected chi connectivity index (χ2v) is 28.2. The molecule has 17 unspecified atom stereocenters. The zero-order valence-corrected chi connectivity index (χ0v) is 62.4. The minimum Gasteiger partial charge on any atom is -0.394 e. The van der Waals surface area contributed by atoms with E-state index in [1.807, 2.05) is 0 Å². The Morgan fingerprint density at radius 3 is 1.07 bits per heavy atom. The molecule has 584 valence electrons. The van der Waals surface area contributed by atoms with E-state index in [0.29, 0.717) is 12.8 Å². The van der Waals surface area contributed by atoms with Crippen molar-refractivity contribution in [2.75, 3.05) is 26.4 Å². The van der Waals surface area contributed by atoms with Gasteiger partial charge in [0, 0.05) is 6.42 Å². The third kappa shape index (κ3) is 42.0. The highest BCUT2D eigenvalue weighted by Crippen LogP contribution is 2.33. The zero-order chi connectivity index (χ0) is 73.2. The molecule has 3 saturated heterocycles. The second kappa shape index (κ2) is 61.8. The standard InChI is InChI=1S/C82H143NO18/c1-3-5-7-9-11-13-15-17-19-21-22-23-24-25-26-27-28-29-30-31-32-33-34-35-36-37-38-39-40-41-42-44-46-48-50-52-54-56-58-60-70(88)83-65(66(87)59-57-55-53-51-49-47-45-43-20-18-16-14-12-10-8-6-4-2)64-96-80-76(94)73(91)78(68(62-85)98-80)101-82-77(95)74(92)79(69(63-86)99-82)100-81-75(93)72(90)71(89)67(61-84)97-81/h5,7,11,13,17,19,22-23,25-26,28-29,31-32,34-35,65-69,71-82,84-87,89-95H,3-4,6,8-10,12,14-16,18,20-21,24,27,30,33,36-64H2,1-2H3,(H,83,88)/b7-5-,13-11-,19-17-,23-22-,26-25-,29-28-,32-31-,35-34-. The molecule has 0 spiro atoms. The molecule has 3 aliphatic heterocycles. The summed E-state index contributed by atoms with van der Waals surface area (Å²) in [4.78, 5) is 13.5. The first-order chi connectivity index (χ1) is 49.3. The molecule has 0 aromatic carbocycles. The van der Waals surface area contributed by atoms with Crippen molar-refractivity contribution >= 4 is 5.91 Å². The molecule has 3 fully saturated rings. The number of amides is 1. The second-order valence-electron chi connectivity index (χ2n) is 28.2. The number of carbonyl (C=O) groups excluding carboxylic acids is 1. The van der Waals surface area contributed by atoms with Gasteiger partial charge in [-0.15, -0.1) is 0 Å². The lowest BCUT2D eigenvalue weighted by molar-refractivity contribution is -0.379. The van der Waals surface area contributed by atoms with Gasteiger partial charge in [-0.2, -0.15) is 0 Å². The van der Waals surface area contributed by atoms with Gasteiger partial charge in [-0.05, 0) is 77.0 Å². The average molecular weight is 1430 g/mol. The van der Waals surface area contributed by atoms with Gasteiger partial charge in [-0.3, -0.25) is 4.79 Å². The van der Waals surface area contributed by atoms with E-state index in [-0.39, 0.29) is 18.9 Å². The number of rotatable bonds is 62. The van der Waals surface area contributed by atoms with Gasteiger partial charge in [-0.1, -0.05) is 297 Å². The Hall–Kier alpha value is -3.29. The maximum Gasteiger partial charge on any atom is 0.220 e. The van der Waals surface area contributed by atoms with Crippen molar-refractivity contribution in [3.8, 4) is 0 Å². The first-order valence-electron chi connectivity index (χ1n) is 40.0. The third-order valence-corrected chi connectivity index (χ3v) is 19.4. The Labute approximate surface area is 609 Å². The molecular formula is C82H143NO18. The van der Waals surface area contributed by atoms with Crippen LogP contribution < -0.4 is 5.32 Å². The Morgan fingerprint density at radius 1 is 0.366 bits per heavy atom. The SMILES string of the molecule is CC/C=C\C/C=C\C/C=C\C/C=C\C/C=C\C/C=C\C/C=C\C/C=C\CCCCCCCCCCCCCCCCC(=O)NC(COC1OC(CO)C(OC2OC(CO)C(OC3OC(CO)C(O)C(O)C3O)C(O)C2O)C(O)C1O)C(O)CCCCCCCCCCCCCCCCCCC. The maximum absolute atomic E-state index is 13.5. The molecule has 12 N–H and O–H groups in total. The summed E-state index contributed by atoms with van der Waals surface area (Å²) >= 11 is 0. The summed E-state index contributed by atoms with van der Waals surface area (Å²) < 4.78 is 34.5. The topological polar surface area (TPSA) is 307 Å². The quantitative estimate of drug-likeness (QED) is 0.0199. The van der Waals surface area contributed by atoms with Crippen molar-refractivity contribution in [1.29, 1.82) is 0 Å². The number of nitrogens with one attached hydrogen (secondary N) is 1. The van der Waals surface area contributed by atoms with Gasteiger partial charge >= 0.3 is 0 Å². The fourth-order valence-electron chi connectivity index (χ4n) is 13.0. The van der Waals surface area contributed by atoms with Crippen LogP contribution in [0.4, 0.5) is 0 Å². The summed E-state index contributed by atoms with van der Waals surface area (Å²) in [6.07, 6.45) is 56.3. The van der Waals surface area contributed by atoms with Crippen LogP contribution in [0.15, 0.2) is 97.2 Å². The van der Waals surface area contributed by atoms with Crippen LogP contribution in [0.1, 0.15) is 284 Å². The number of aliphatic hydroxyl groups excluding tert-OH is 11. The number of hydrogen-bond donors (Lipinski definition) is 12. The molecule has 0 bridgehead atoms. The minimum absolute atomic E-state index is 0.244. The maximum atomic E-state index is 13.5. The molecule has 0 saturated carbocycles. The van der Waals surface area contributed by atoms with Gasteiger partial charge in [0.2, 0.25) is 5.91 Å². The highest BCUT2D eigenvalue weighted by molar-refractivity contribution is 5.76. The lowest BCUT2D eigenvalue weighted by Gasteiger charge is -2.48. The van der Waals surface area contributed by atoms with Crippen molar-refractivity contribution in [2.45, 2.75) is 388 Å². The predicted octanol–water partition coefficient (Wildman–Crippen LogP) is 13.2. The van der Waals surface area contributed by atoms with Gasteiger partial charge < -0.3 is 89.9 Å². The predicted molar refractivity (Wildman–Crippen MR) is 401 cm³/mol. The summed E-state index contributed by atoms with van der Waals surface area (Å²) in [5.74, 6) is -0.244. The van der Waals surface area contributed by atoms with E-state index in [4.69, 9.17) is 28.4 Å². The molecule has 1 amide bonds. The number of ether oxygens (including phenoxy) is 6. The molecule has 0 aromatic heterocycles. The molecule has 3 heterocycles. The van der Waals surface area contributed by atoms with Crippen LogP contribution in [-0.4, -0.2) is 193 Å². The first kappa shape index (κ1) is 91.9. The monoisotopic (exact) mass is 1430 g/mol. The van der Waals surface area contributed by atoms with Crippen LogP contribution in [0.2, 0.25) is 0 Å². The molecule has 3 aliphatic rings. The van der Waals surface area contributed by atoms with Crippen LogP contribution in [0.25, 0.3) is 0 Å². The summed E-state index contributed by atoms with van der Waals surface area (Å²) in [5.41, 5.74) is 0. The summed E-state index contributed by atoms with van der Waals surface area (Å²) in [6, 6.07) is -0.893. The normalized spacial score (nSPS) is 26.8. The van der Waals surface area contributed by atoms with E-state index in [1.54, 1.807) is 0 Å².